The van der Waals surface area contributed by atoms with Crippen molar-refractivity contribution < 1.29 is 5.11 Å². The van der Waals surface area contributed by atoms with Crippen LogP contribution in [-0.4, -0.2) is 47.3 Å². The SMILES string of the molecule is CN(C1CCCC1)C1CCCC(CO)(NC2CC2)C1. The largest absolute Gasteiger partial charge is 0.394 e. The summed E-state index contributed by atoms with van der Waals surface area (Å²) >= 11 is 0. The molecule has 19 heavy (non-hydrogen) atoms. The normalized spacial score (nSPS) is 37.1. The fourth-order valence-corrected chi connectivity index (χ4v) is 4.27. The average molecular weight is 266 g/mol. The Hall–Kier alpha value is -0.120. The van der Waals surface area contributed by atoms with Crippen LogP contribution in [0.4, 0.5) is 0 Å². The first-order valence-electron chi connectivity index (χ1n) is 8.33. The first-order chi connectivity index (χ1) is 9.22. The minimum Gasteiger partial charge on any atom is -0.394 e. The third kappa shape index (κ3) is 3.14. The van der Waals surface area contributed by atoms with Crippen LogP contribution in [0.5, 0.6) is 0 Å². The van der Waals surface area contributed by atoms with Crippen molar-refractivity contribution in [1.29, 1.82) is 0 Å². The van der Waals surface area contributed by atoms with Gasteiger partial charge in [0, 0.05) is 23.7 Å². The van der Waals surface area contributed by atoms with Crippen molar-refractivity contribution in [2.45, 2.75) is 87.9 Å². The molecule has 0 saturated heterocycles. The topological polar surface area (TPSA) is 35.5 Å². The van der Waals surface area contributed by atoms with E-state index >= 15 is 0 Å². The summed E-state index contributed by atoms with van der Waals surface area (Å²) in [7, 11) is 2.32. The van der Waals surface area contributed by atoms with E-state index in [1.807, 2.05) is 0 Å². The predicted octanol–water partition coefficient (Wildman–Crippen LogP) is 2.29. The lowest BCUT2D eigenvalue weighted by Crippen LogP contribution is -2.57. The van der Waals surface area contributed by atoms with Crippen LogP contribution in [0.25, 0.3) is 0 Å². The predicted molar refractivity (Wildman–Crippen MR) is 78.2 cm³/mol. The summed E-state index contributed by atoms with van der Waals surface area (Å²) in [6, 6.07) is 2.18. The number of aliphatic hydroxyl groups excluding tert-OH is 1. The monoisotopic (exact) mass is 266 g/mol. The van der Waals surface area contributed by atoms with E-state index in [4.69, 9.17) is 0 Å². The van der Waals surface area contributed by atoms with Crippen LogP contribution < -0.4 is 5.32 Å². The second-order valence-corrected chi connectivity index (χ2v) is 7.21. The van der Waals surface area contributed by atoms with E-state index < -0.39 is 0 Å². The van der Waals surface area contributed by atoms with Gasteiger partial charge in [-0.3, -0.25) is 0 Å². The van der Waals surface area contributed by atoms with E-state index in [0.717, 1.165) is 18.9 Å². The van der Waals surface area contributed by atoms with E-state index in [-0.39, 0.29) is 5.54 Å². The smallest absolute Gasteiger partial charge is 0.0613 e. The van der Waals surface area contributed by atoms with Crippen molar-refractivity contribution in [3.63, 3.8) is 0 Å². The average Bonchev–Trinajstić information content (AvgIpc) is 3.08. The number of aliphatic hydroxyl groups is 1. The Kier molecular flexibility index (Phi) is 4.16. The molecule has 0 bridgehead atoms. The Morgan fingerprint density at radius 3 is 2.37 bits per heavy atom. The van der Waals surface area contributed by atoms with Crippen molar-refractivity contribution in [1.82, 2.24) is 10.2 Å². The summed E-state index contributed by atoms with van der Waals surface area (Å²) < 4.78 is 0. The van der Waals surface area contributed by atoms with Crippen LogP contribution >= 0.6 is 0 Å². The summed E-state index contributed by atoms with van der Waals surface area (Å²) in [5.41, 5.74) is 0.0247. The molecule has 3 aliphatic carbocycles. The van der Waals surface area contributed by atoms with Crippen LogP contribution in [0.15, 0.2) is 0 Å². The Morgan fingerprint density at radius 2 is 1.74 bits per heavy atom. The van der Waals surface area contributed by atoms with Gasteiger partial charge in [-0.05, 0) is 58.4 Å². The number of nitrogens with one attached hydrogen (secondary N) is 1. The second kappa shape index (κ2) is 5.71. The van der Waals surface area contributed by atoms with E-state index in [0.29, 0.717) is 18.7 Å². The van der Waals surface area contributed by atoms with Crippen molar-refractivity contribution >= 4 is 0 Å². The summed E-state index contributed by atoms with van der Waals surface area (Å²) in [5.74, 6) is 0. The zero-order valence-electron chi connectivity index (χ0n) is 12.4. The molecular weight excluding hydrogens is 236 g/mol. The molecule has 110 valence electrons. The molecule has 3 fully saturated rings. The molecule has 3 heteroatoms. The lowest BCUT2D eigenvalue weighted by Gasteiger charge is -2.45. The molecular formula is C16H30N2O. The summed E-state index contributed by atoms with van der Waals surface area (Å²) in [6.45, 7) is 0.318. The maximum Gasteiger partial charge on any atom is 0.0613 e. The van der Waals surface area contributed by atoms with E-state index in [1.165, 1.54) is 51.4 Å². The van der Waals surface area contributed by atoms with Crippen molar-refractivity contribution in [2.75, 3.05) is 13.7 Å². The van der Waals surface area contributed by atoms with Gasteiger partial charge in [-0.15, -0.1) is 0 Å². The fraction of sp³-hybridized carbons (Fsp3) is 1.00. The third-order valence-electron chi connectivity index (χ3n) is 5.69. The van der Waals surface area contributed by atoms with E-state index in [2.05, 4.69) is 17.3 Å². The number of hydrogen-bond acceptors (Lipinski definition) is 3. The third-order valence-corrected chi connectivity index (χ3v) is 5.69. The standard InChI is InChI=1S/C16H30N2O/c1-18(14-5-2-3-6-14)15-7-4-10-16(11-15,12-19)17-13-8-9-13/h13-15,17,19H,2-12H2,1H3. The first-order valence-corrected chi connectivity index (χ1v) is 8.33. The van der Waals surface area contributed by atoms with Crippen LogP contribution in [0, 0.1) is 0 Å². The van der Waals surface area contributed by atoms with Gasteiger partial charge in [0.1, 0.15) is 0 Å². The highest BCUT2D eigenvalue weighted by Gasteiger charge is 2.41. The van der Waals surface area contributed by atoms with Crippen molar-refractivity contribution in [2.24, 2.45) is 0 Å². The Labute approximate surface area is 117 Å². The van der Waals surface area contributed by atoms with Gasteiger partial charge in [0.05, 0.1) is 6.61 Å². The molecule has 3 saturated carbocycles. The number of nitrogens with zero attached hydrogens (tertiary/aromatic N) is 1. The molecule has 0 heterocycles. The Bertz CT molecular complexity index is 299. The minimum atomic E-state index is 0.0247. The van der Waals surface area contributed by atoms with Gasteiger partial charge in [-0.1, -0.05) is 12.8 Å². The zero-order valence-corrected chi connectivity index (χ0v) is 12.4. The zero-order chi connectivity index (χ0) is 13.3. The highest BCUT2D eigenvalue weighted by molar-refractivity contribution is 5.01. The molecule has 3 nitrogen and oxygen atoms in total. The molecule has 2 unspecified atom stereocenters. The maximum absolute atomic E-state index is 9.90. The van der Waals surface area contributed by atoms with Gasteiger partial charge in [0.15, 0.2) is 0 Å². The molecule has 2 N–H and O–H groups in total. The molecule has 2 atom stereocenters. The molecule has 0 amide bonds. The summed E-state index contributed by atoms with van der Waals surface area (Å²) in [4.78, 5) is 2.64. The van der Waals surface area contributed by atoms with Crippen molar-refractivity contribution in [3.05, 3.63) is 0 Å². The Balaban J connectivity index is 1.61. The van der Waals surface area contributed by atoms with Gasteiger partial charge in [0.25, 0.3) is 0 Å². The minimum absolute atomic E-state index is 0.0247. The molecule has 3 rings (SSSR count). The van der Waals surface area contributed by atoms with Gasteiger partial charge in [-0.2, -0.15) is 0 Å². The number of hydrogen-bond donors (Lipinski definition) is 2. The summed E-state index contributed by atoms with van der Waals surface area (Å²) in [6.07, 6.45) is 13.1. The lowest BCUT2D eigenvalue weighted by molar-refractivity contribution is 0.0523. The molecule has 0 spiro atoms. The molecule has 0 aromatic carbocycles. The van der Waals surface area contributed by atoms with Gasteiger partial charge >= 0.3 is 0 Å². The highest BCUT2D eigenvalue weighted by atomic mass is 16.3. The van der Waals surface area contributed by atoms with Crippen LogP contribution in [0.3, 0.4) is 0 Å². The number of rotatable bonds is 5. The molecule has 0 aromatic rings. The maximum atomic E-state index is 9.90. The Morgan fingerprint density at radius 1 is 1.05 bits per heavy atom. The molecule has 0 radical (unpaired) electrons. The van der Waals surface area contributed by atoms with Crippen molar-refractivity contribution in [3.8, 4) is 0 Å². The molecule has 3 aliphatic rings. The van der Waals surface area contributed by atoms with Crippen LogP contribution in [0.1, 0.15) is 64.2 Å². The van der Waals surface area contributed by atoms with Gasteiger partial charge in [-0.25, -0.2) is 0 Å². The molecule has 0 aliphatic heterocycles. The quantitative estimate of drug-likeness (QED) is 0.801. The van der Waals surface area contributed by atoms with Gasteiger partial charge < -0.3 is 15.3 Å². The van der Waals surface area contributed by atoms with Crippen LogP contribution in [0.2, 0.25) is 0 Å². The highest BCUT2D eigenvalue weighted by Crippen LogP contribution is 2.36. The summed E-state index contributed by atoms with van der Waals surface area (Å²) in [5, 5.41) is 13.7. The fourth-order valence-electron chi connectivity index (χ4n) is 4.27. The lowest BCUT2D eigenvalue weighted by atomic mass is 9.78. The first kappa shape index (κ1) is 13.8. The molecule has 0 aromatic heterocycles. The van der Waals surface area contributed by atoms with Crippen LogP contribution in [-0.2, 0) is 0 Å². The second-order valence-electron chi connectivity index (χ2n) is 7.21. The van der Waals surface area contributed by atoms with E-state index in [1.54, 1.807) is 0 Å². The van der Waals surface area contributed by atoms with Gasteiger partial charge in [0.2, 0.25) is 0 Å². The van der Waals surface area contributed by atoms with E-state index in [9.17, 15) is 5.11 Å².